The third-order valence-corrected chi connectivity index (χ3v) is 2.55. The van der Waals surface area contributed by atoms with E-state index in [-0.39, 0.29) is 30.2 Å². The summed E-state index contributed by atoms with van der Waals surface area (Å²) in [6, 6.07) is 3.92. The summed E-state index contributed by atoms with van der Waals surface area (Å²) in [5.74, 6) is -2.35. The van der Waals surface area contributed by atoms with E-state index in [1.165, 1.54) is 12.1 Å². The third-order valence-electron chi connectivity index (χ3n) is 2.25. The molecule has 0 aliphatic heterocycles. The van der Waals surface area contributed by atoms with Gasteiger partial charge in [0.1, 0.15) is 0 Å². The van der Waals surface area contributed by atoms with Crippen LogP contribution in [0.1, 0.15) is 19.3 Å². The second-order valence-corrected chi connectivity index (χ2v) is 4.23. The molecular weight excluding hydrogens is 287 g/mol. The van der Waals surface area contributed by atoms with Crippen LogP contribution in [0, 0.1) is 5.82 Å². The maximum absolute atomic E-state index is 13.4. The lowest BCUT2D eigenvalue weighted by Gasteiger charge is -2.07. The normalized spacial score (nSPS) is 9.90. The van der Waals surface area contributed by atoms with Gasteiger partial charge in [-0.25, -0.2) is 4.39 Å². The van der Waals surface area contributed by atoms with Crippen LogP contribution in [0.3, 0.4) is 0 Å². The number of rotatable bonds is 7. The van der Waals surface area contributed by atoms with Crippen LogP contribution >= 0.6 is 11.6 Å². The first-order chi connectivity index (χ1) is 9.54. The van der Waals surface area contributed by atoms with Crippen molar-refractivity contribution in [2.45, 2.75) is 19.3 Å². The maximum Gasteiger partial charge on any atom is 0.311 e. The van der Waals surface area contributed by atoms with E-state index >= 15 is 0 Å². The number of ether oxygens (including phenoxy) is 2. The fraction of sp³-hybridized carbons (Fsp3) is 0.286. The Balaban J connectivity index is 2.40. The molecule has 0 fully saturated rings. The average molecular weight is 301 g/mol. The summed E-state index contributed by atoms with van der Waals surface area (Å²) in [4.78, 5) is 22.7. The van der Waals surface area contributed by atoms with Gasteiger partial charge in [-0.3, -0.25) is 9.59 Å². The van der Waals surface area contributed by atoms with Crippen LogP contribution in [0.25, 0.3) is 0 Å². The van der Waals surface area contributed by atoms with Crippen LogP contribution in [0.4, 0.5) is 4.39 Å². The van der Waals surface area contributed by atoms with Gasteiger partial charge in [-0.1, -0.05) is 23.7 Å². The SMILES string of the molecule is C=CCCOC(=O)CCC(=O)Oc1c(F)cccc1Cl. The molecule has 6 heteroatoms. The predicted molar refractivity (Wildman–Crippen MR) is 72.1 cm³/mol. The first-order valence-corrected chi connectivity index (χ1v) is 6.33. The van der Waals surface area contributed by atoms with Crippen molar-refractivity contribution in [3.05, 3.63) is 41.7 Å². The minimum Gasteiger partial charge on any atom is -0.465 e. The maximum atomic E-state index is 13.4. The number of carbonyl (C=O) groups excluding carboxylic acids is 2. The molecule has 0 N–H and O–H groups in total. The van der Waals surface area contributed by atoms with Crippen LogP contribution in [0.5, 0.6) is 5.75 Å². The first kappa shape index (κ1) is 16.2. The van der Waals surface area contributed by atoms with E-state index in [1.54, 1.807) is 6.08 Å². The lowest BCUT2D eigenvalue weighted by molar-refractivity contribution is -0.146. The number of hydrogen-bond acceptors (Lipinski definition) is 4. The van der Waals surface area contributed by atoms with Gasteiger partial charge in [0.25, 0.3) is 0 Å². The summed E-state index contributed by atoms with van der Waals surface area (Å²) >= 11 is 5.70. The Morgan fingerprint density at radius 1 is 1.30 bits per heavy atom. The molecule has 0 heterocycles. The lowest BCUT2D eigenvalue weighted by Crippen LogP contribution is -2.13. The van der Waals surface area contributed by atoms with Crippen molar-refractivity contribution < 1.29 is 23.5 Å². The van der Waals surface area contributed by atoms with E-state index in [0.29, 0.717) is 6.42 Å². The Morgan fingerprint density at radius 3 is 2.65 bits per heavy atom. The predicted octanol–water partition coefficient (Wildman–Crippen LogP) is 3.28. The quantitative estimate of drug-likeness (QED) is 0.335. The second kappa shape index (κ2) is 8.32. The molecule has 4 nitrogen and oxygen atoms in total. The van der Waals surface area contributed by atoms with Crippen molar-refractivity contribution in [1.82, 2.24) is 0 Å². The lowest BCUT2D eigenvalue weighted by atomic mass is 10.3. The molecule has 108 valence electrons. The zero-order valence-corrected chi connectivity index (χ0v) is 11.5. The van der Waals surface area contributed by atoms with Crippen molar-refractivity contribution in [2.75, 3.05) is 6.61 Å². The molecule has 1 aromatic rings. The smallest absolute Gasteiger partial charge is 0.311 e. The molecule has 0 aliphatic rings. The Hall–Kier alpha value is -1.88. The highest BCUT2D eigenvalue weighted by molar-refractivity contribution is 6.32. The fourth-order valence-corrected chi connectivity index (χ4v) is 1.48. The van der Waals surface area contributed by atoms with Crippen molar-refractivity contribution in [3.8, 4) is 5.75 Å². The number of halogens is 2. The number of para-hydroxylation sites is 1. The summed E-state index contributed by atoms with van der Waals surface area (Å²) in [6.45, 7) is 3.70. The largest absolute Gasteiger partial charge is 0.465 e. The van der Waals surface area contributed by atoms with E-state index in [9.17, 15) is 14.0 Å². The summed E-state index contributed by atoms with van der Waals surface area (Å²) in [6.07, 6.45) is 1.81. The highest BCUT2D eigenvalue weighted by atomic mass is 35.5. The van der Waals surface area contributed by atoms with Crippen molar-refractivity contribution in [3.63, 3.8) is 0 Å². The van der Waals surface area contributed by atoms with Crippen LogP contribution in [0.2, 0.25) is 5.02 Å². The number of hydrogen-bond donors (Lipinski definition) is 0. The summed E-state index contributed by atoms with van der Waals surface area (Å²) in [5.41, 5.74) is 0. The van der Waals surface area contributed by atoms with Crippen LogP contribution in [0.15, 0.2) is 30.9 Å². The van der Waals surface area contributed by atoms with Gasteiger partial charge in [0, 0.05) is 0 Å². The molecule has 0 amide bonds. The molecule has 1 rings (SSSR count). The van der Waals surface area contributed by atoms with Gasteiger partial charge in [-0.2, -0.15) is 0 Å². The Kier molecular flexibility index (Phi) is 6.73. The average Bonchev–Trinajstić information content (AvgIpc) is 2.41. The molecule has 0 saturated heterocycles. The number of esters is 2. The van der Waals surface area contributed by atoms with Crippen LogP contribution in [-0.2, 0) is 14.3 Å². The van der Waals surface area contributed by atoms with E-state index < -0.39 is 17.8 Å². The summed E-state index contributed by atoms with van der Waals surface area (Å²) < 4.78 is 22.9. The molecule has 0 aromatic heterocycles. The molecule has 0 saturated carbocycles. The topological polar surface area (TPSA) is 52.6 Å². The Bertz CT molecular complexity index is 482. The standard InChI is InChI=1S/C14H14ClFO4/c1-2-3-9-19-12(17)7-8-13(18)20-14-10(15)5-4-6-11(14)16/h2,4-6H,1,3,7-9H2. The first-order valence-electron chi connectivity index (χ1n) is 5.95. The number of benzene rings is 1. The molecule has 0 bridgehead atoms. The van der Waals surface area contributed by atoms with E-state index in [1.807, 2.05) is 0 Å². The van der Waals surface area contributed by atoms with Gasteiger partial charge < -0.3 is 9.47 Å². The van der Waals surface area contributed by atoms with E-state index in [2.05, 4.69) is 6.58 Å². The monoisotopic (exact) mass is 300 g/mol. The Labute approximate surface area is 121 Å². The third kappa shape index (κ3) is 5.40. The molecule has 1 aromatic carbocycles. The van der Waals surface area contributed by atoms with E-state index in [0.717, 1.165) is 6.07 Å². The van der Waals surface area contributed by atoms with Gasteiger partial charge >= 0.3 is 11.9 Å². The fourth-order valence-electron chi connectivity index (χ4n) is 1.28. The van der Waals surface area contributed by atoms with Gasteiger partial charge in [0.2, 0.25) is 0 Å². The zero-order chi connectivity index (χ0) is 15.0. The van der Waals surface area contributed by atoms with Gasteiger partial charge in [-0.05, 0) is 18.6 Å². The molecule has 0 radical (unpaired) electrons. The highest BCUT2D eigenvalue weighted by Gasteiger charge is 2.14. The molecule has 0 atom stereocenters. The minimum absolute atomic E-state index is 0.00749. The van der Waals surface area contributed by atoms with E-state index in [4.69, 9.17) is 21.1 Å². The molecule has 20 heavy (non-hydrogen) atoms. The van der Waals surface area contributed by atoms with Gasteiger partial charge in [0.15, 0.2) is 11.6 Å². The van der Waals surface area contributed by atoms with Crippen molar-refractivity contribution in [1.29, 1.82) is 0 Å². The highest BCUT2D eigenvalue weighted by Crippen LogP contribution is 2.27. The molecule has 0 aliphatic carbocycles. The second-order valence-electron chi connectivity index (χ2n) is 3.82. The minimum atomic E-state index is -0.752. The van der Waals surface area contributed by atoms with Gasteiger partial charge in [-0.15, -0.1) is 6.58 Å². The zero-order valence-electron chi connectivity index (χ0n) is 10.7. The summed E-state index contributed by atoms with van der Waals surface area (Å²) in [5, 5.41) is -0.00749. The van der Waals surface area contributed by atoms with Crippen LogP contribution in [-0.4, -0.2) is 18.5 Å². The molecule has 0 spiro atoms. The molecule has 0 unspecified atom stereocenters. The van der Waals surface area contributed by atoms with Crippen molar-refractivity contribution in [2.24, 2.45) is 0 Å². The summed E-state index contributed by atoms with van der Waals surface area (Å²) in [7, 11) is 0. The van der Waals surface area contributed by atoms with Gasteiger partial charge in [0.05, 0.1) is 24.5 Å². The van der Waals surface area contributed by atoms with Crippen LogP contribution < -0.4 is 4.74 Å². The van der Waals surface area contributed by atoms with Crippen molar-refractivity contribution >= 4 is 23.5 Å². The molecular formula is C14H14ClFO4. The number of carbonyl (C=O) groups is 2. The Morgan fingerprint density at radius 2 is 2.00 bits per heavy atom.